The third-order valence-corrected chi connectivity index (χ3v) is 10.8. The molecule has 1 aliphatic heterocycles. The Hall–Kier alpha value is -0.850. The highest BCUT2D eigenvalue weighted by Crippen LogP contribution is 2.23. The Morgan fingerprint density at radius 2 is 1.00 bits per heavy atom. The number of amides is 1. The molecule has 1 saturated heterocycles. The van der Waals surface area contributed by atoms with Gasteiger partial charge in [0, 0.05) is 6.42 Å². The summed E-state index contributed by atoms with van der Waals surface area (Å²) in [6, 6.07) is -0.983. The highest BCUT2D eigenvalue weighted by molar-refractivity contribution is 5.76. The molecule has 1 rings (SSSR count). The zero-order valence-corrected chi connectivity index (χ0v) is 33.4. The van der Waals surface area contributed by atoms with Crippen LogP contribution < -0.4 is 5.32 Å². The third-order valence-electron chi connectivity index (χ3n) is 10.8. The van der Waals surface area contributed by atoms with E-state index < -0.39 is 55.6 Å². The highest BCUT2D eigenvalue weighted by atomic mass is 16.7. The Morgan fingerprint density at radius 3 is 1.42 bits per heavy atom. The van der Waals surface area contributed by atoms with Crippen LogP contribution in [-0.4, -0.2) is 98.7 Å². The number of ether oxygens (including phenoxy) is 2. The minimum atomic E-state index is -1.60. The maximum atomic E-state index is 13.0. The number of carbonyl (C=O) groups excluding carboxylic acids is 1. The van der Waals surface area contributed by atoms with Gasteiger partial charge in [0.25, 0.3) is 0 Å². The average Bonchev–Trinajstić information content (AvgIpc) is 3.14. The van der Waals surface area contributed by atoms with Crippen LogP contribution in [0.2, 0.25) is 0 Å². The largest absolute Gasteiger partial charge is 0.394 e. The lowest BCUT2D eigenvalue weighted by atomic mass is 9.98. The van der Waals surface area contributed by atoms with Gasteiger partial charge in [-0.05, 0) is 12.8 Å². The number of hydrogen-bond acceptors (Lipinski definition) is 9. The Bertz CT molecular complexity index is 803. The van der Waals surface area contributed by atoms with Crippen molar-refractivity contribution < 1.29 is 44.9 Å². The number of hydrogen-bond donors (Lipinski definition) is 7. The fourth-order valence-corrected chi connectivity index (χ4v) is 7.20. The van der Waals surface area contributed by atoms with Gasteiger partial charge in [-0.2, -0.15) is 0 Å². The molecule has 10 nitrogen and oxygen atoms in total. The van der Waals surface area contributed by atoms with Gasteiger partial charge in [0.05, 0.1) is 25.4 Å². The summed E-state index contributed by atoms with van der Waals surface area (Å²) < 4.78 is 11.1. The molecule has 0 aromatic rings. The lowest BCUT2D eigenvalue weighted by Crippen LogP contribution is -2.60. The monoisotopic (exact) mass is 746 g/mol. The van der Waals surface area contributed by atoms with Gasteiger partial charge in [0.2, 0.25) is 5.91 Å². The smallest absolute Gasteiger partial charge is 0.220 e. The van der Waals surface area contributed by atoms with Gasteiger partial charge in [-0.25, -0.2) is 0 Å². The summed E-state index contributed by atoms with van der Waals surface area (Å²) in [4.78, 5) is 13.0. The summed E-state index contributed by atoms with van der Waals surface area (Å²) in [5.41, 5.74) is 0. The molecule has 310 valence electrons. The van der Waals surface area contributed by atoms with Crippen molar-refractivity contribution in [2.24, 2.45) is 0 Å². The molecular formula is C42H83NO9. The van der Waals surface area contributed by atoms with Crippen molar-refractivity contribution in [1.82, 2.24) is 5.32 Å². The van der Waals surface area contributed by atoms with Gasteiger partial charge in [-0.3, -0.25) is 4.79 Å². The van der Waals surface area contributed by atoms with Crippen LogP contribution in [0.3, 0.4) is 0 Å². The van der Waals surface area contributed by atoms with Gasteiger partial charge < -0.3 is 45.4 Å². The van der Waals surface area contributed by atoms with Crippen LogP contribution in [0.15, 0.2) is 0 Å². The van der Waals surface area contributed by atoms with E-state index >= 15 is 0 Å². The van der Waals surface area contributed by atoms with Gasteiger partial charge in [-0.15, -0.1) is 0 Å². The molecule has 0 bridgehead atoms. The minimum Gasteiger partial charge on any atom is -0.394 e. The molecule has 0 spiro atoms. The molecular weight excluding hydrogens is 662 g/mol. The molecule has 0 saturated carbocycles. The summed E-state index contributed by atoms with van der Waals surface area (Å²) in [5, 5.41) is 65.0. The van der Waals surface area contributed by atoms with Crippen molar-refractivity contribution in [3.05, 3.63) is 0 Å². The van der Waals surface area contributed by atoms with E-state index in [1.54, 1.807) is 0 Å². The van der Waals surface area contributed by atoms with E-state index in [9.17, 15) is 35.4 Å². The number of aliphatic hydroxyl groups is 6. The van der Waals surface area contributed by atoms with Crippen molar-refractivity contribution >= 4 is 5.91 Å². The van der Waals surface area contributed by atoms with Crippen LogP contribution in [0, 0.1) is 0 Å². The molecule has 1 heterocycles. The van der Waals surface area contributed by atoms with Gasteiger partial charge in [-0.1, -0.05) is 181 Å². The molecule has 1 aliphatic rings. The van der Waals surface area contributed by atoms with Gasteiger partial charge >= 0.3 is 0 Å². The second-order valence-corrected chi connectivity index (χ2v) is 15.6. The van der Waals surface area contributed by atoms with Crippen LogP contribution >= 0.6 is 0 Å². The molecule has 0 aliphatic carbocycles. The van der Waals surface area contributed by atoms with Crippen LogP contribution in [0.4, 0.5) is 0 Å². The van der Waals surface area contributed by atoms with E-state index in [1.807, 2.05) is 0 Å². The first-order chi connectivity index (χ1) is 25.3. The van der Waals surface area contributed by atoms with E-state index in [2.05, 4.69) is 19.2 Å². The quantitative estimate of drug-likeness (QED) is 0.0324. The lowest BCUT2D eigenvalue weighted by molar-refractivity contribution is -0.303. The molecule has 10 heteroatoms. The Morgan fingerprint density at radius 1 is 0.596 bits per heavy atom. The predicted octanol–water partition coefficient (Wildman–Crippen LogP) is 7.36. The summed E-state index contributed by atoms with van der Waals surface area (Å²) >= 11 is 0. The second-order valence-electron chi connectivity index (χ2n) is 15.6. The van der Waals surface area contributed by atoms with Crippen LogP contribution in [-0.2, 0) is 14.3 Å². The van der Waals surface area contributed by atoms with Gasteiger partial charge in [0.15, 0.2) is 6.29 Å². The standard InChI is InChI=1S/C42H83NO9/c1-3-5-7-9-11-13-15-17-18-19-21-23-25-27-29-31-37(46)43-34(33-51-42-41(50)40(49)39(48)36(32-44)52-42)38(47)35(45)30-28-26-24-22-20-16-14-12-10-8-6-4-2/h34-36,38-42,44-45,47-50H,3-33H2,1-2H3,(H,43,46)/t34-,35+,36?,38-,39-,40-,41?,42-/m0/s1. The number of unbranched alkanes of at least 4 members (excludes halogenated alkanes) is 25. The molecule has 52 heavy (non-hydrogen) atoms. The van der Waals surface area contributed by atoms with Crippen LogP contribution in [0.25, 0.3) is 0 Å². The van der Waals surface area contributed by atoms with E-state index in [1.165, 1.54) is 128 Å². The average molecular weight is 746 g/mol. The fraction of sp³-hybridized carbons (Fsp3) is 0.976. The number of aliphatic hydroxyl groups excluding tert-OH is 6. The molecule has 1 fully saturated rings. The molecule has 8 atom stereocenters. The SMILES string of the molecule is CCCCCCCCCCCCCCCCCC(=O)N[C@@H](CO[C@H]1OC(CO)[C@H](O)[C@H](O)C1O)[C@H](O)[C@H](O)CCCCCCCCCCCCCC. The minimum absolute atomic E-state index is 0.256. The van der Waals surface area contributed by atoms with Crippen molar-refractivity contribution in [2.75, 3.05) is 13.2 Å². The first-order valence-corrected chi connectivity index (χ1v) is 21.8. The van der Waals surface area contributed by atoms with Gasteiger partial charge in [0.1, 0.15) is 30.5 Å². The normalized spacial score (nSPS) is 22.3. The summed E-state index contributed by atoms with van der Waals surface area (Å²) in [6.45, 7) is 3.60. The zero-order valence-electron chi connectivity index (χ0n) is 33.4. The molecule has 0 radical (unpaired) electrons. The van der Waals surface area contributed by atoms with Crippen LogP contribution in [0.1, 0.15) is 200 Å². The maximum Gasteiger partial charge on any atom is 0.220 e. The molecule has 1 amide bonds. The van der Waals surface area contributed by atoms with E-state index in [-0.39, 0.29) is 18.9 Å². The highest BCUT2D eigenvalue weighted by Gasteiger charge is 2.44. The lowest BCUT2D eigenvalue weighted by Gasteiger charge is -2.40. The summed E-state index contributed by atoms with van der Waals surface area (Å²) in [5.74, 6) is -0.256. The predicted molar refractivity (Wildman–Crippen MR) is 209 cm³/mol. The zero-order chi connectivity index (χ0) is 38.2. The Labute approximate surface area is 317 Å². The maximum absolute atomic E-state index is 13.0. The number of carbonyl (C=O) groups is 1. The number of rotatable bonds is 36. The van der Waals surface area contributed by atoms with Crippen molar-refractivity contribution in [2.45, 2.75) is 249 Å². The second kappa shape index (κ2) is 33.5. The molecule has 0 aromatic carbocycles. The number of nitrogens with one attached hydrogen (secondary N) is 1. The Balaban J connectivity index is 2.42. The third kappa shape index (κ3) is 23.8. The molecule has 0 aromatic heterocycles. The van der Waals surface area contributed by atoms with Crippen molar-refractivity contribution in [1.29, 1.82) is 0 Å². The first kappa shape index (κ1) is 49.2. The summed E-state index contributed by atoms with van der Waals surface area (Å²) in [6.07, 6.45) is 23.9. The molecule has 2 unspecified atom stereocenters. The first-order valence-electron chi connectivity index (χ1n) is 21.8. The van der Waals surface area contributed by atoms with E-state index in [0.717, 1.165) is 44.9 Å². The Kier molecular flexibility index (Phi) is 31.7. The molecule has 7 N–H and O–H groups in total. The van der Waals surface area contributed by atoms with Crippen molar-refractivity contribution in [3.63, 3.8) is 0 Å². The topological polar surface area (TPSA) is 169 Å². The fourth-order valence-electron chi connectivity index (χ4n) is 7.20. The van der Waals surface area contributed by atoms with Crippen molar-refractivity contribution in [3.8, 4) is 0 Å². The summed E-state index contributed by atoms with van der Waals surface area (Å²) in [7, 11) is 0. The van der Waals surface area contributed by atoms with E-state index in [0.29, 0.717) is 6.42 Å². The van der Waals surface area contributed by atoms with Crippen LogP contribution in [0.5, 0.6) is 0 Å². The van der Waals surface area contributed by atoms with E-state index in [4.69, 9.17) is 9.47 Å².